The molecule has 0 aliphatic carbocycles. The Kier molecular flexibility index (Phi) is 9.28. The van der Waals surface area contributed by atoms with Crippen molar-refractivity contribution < 1.29 is 88.5 Å². The molecular formula is C14H12N2Na2O6S2. The van der Waals surface area contributed by atoms with Gasteiger partial charge in [0.1, 0.15) is 0 Å². The fourth-order valence-corrected chi connectivity index (χ4v) is 4.89. The average molecular weight is 414 g/mol. The van der Waals surface area contributed by atoms with Crippen molar-refractivity contribution in [2.75, 3.05) is 11.5 Å². The molecule has 4 aliphatic heterocycles. The molecule has 12 heteroatoms. The van der Waals surface area contributed by atoms with Gasteiger partial charge in [-0.05, 0) is 12.2 Å². The molecule has 0 saturated carbocycles. The summed E-state index contributed by atoms with van der Waals surface area (Å²) in [5, 5.41) is 21.1. The Hall–Kier alpha value is 0.0600. The molecule has 0 aromatic rings. The van der Waals surface area contributed by atoms with Crippen LogP contribution in [-0.2, 0) is 19.2 Å². The standard InChI is InChI=1S/2C7H7NO3S.2Na/c2*9-5-3-6-8(5)4(7(10)11)1-2-12-6;;/h2*1,6H,2-3H2,(H,10,11);;/q;;2*+1/p-2. The molecule has 2 amide bonds. The first-order chi connectivity index (χ1) is 11.4. The van der Waals surface area contributed by atoms with Crippen molar-refractivity contribution >= 4 is 47.3 Å². The van der Waals surface area contributed by atoms with Crippen LogP contribution in [0, 0.1) is 0 Å². The van der Waals surface area contributed by atoms with Gasteiger partial charge >= 0.3 is 59.1 Å². The molecule has 8 nitrogen and oxygen atoms in total. The topological polar surface area (TPSA) is 121 Å². The number of hydrogen-bond acceptors (Lipinski definition) is 8. The monoisotopic (exact) mass is 414 g/mol. The van der Waals surface area contributed by atoms with E-state index in [4.69, 9.17) is 0 Å². The number of thioether (sulfide) groups is 2. The Balaban J connectivity index is 0.000000241. The SMILES string of the molecule is O=C([O-])C1=CCSC2CC(=O)N12.O=C([O-])C1=CCSC2CC(=O)N12.[Na+].[Na+]. The van der Waals surface area contributed by atoms with E-state index >= 15 is 0 Å². The number of aliphatic carboxylic acids is 2. The van der Waals surface area contributed by atoms with Crippen LogP contribution in [-0.4, -0.2) is 55.8 Å². The summed E-state index contributed by atoms with van der Waals surface area (Å²) in [6, 6.07) is 0. The van der Waals surface area contributed by atoms with E-state index in [0.29, 0.717) is 24.3 Å². The van der Waals surface area contributed by atoms with E-state index in [1.54, 1.807) is 23.5 Å². The van der Waals surface area contributed by atoms with Crippen molar-refractivity contribution in [2.24, 2.45) is 0 Å². The summed E-state index contributed by atoms with van der Waals surface area (Å²) >= 11 is 3.15. The summed E-state index contributed by atoms with van der Waals surface area (Å²) < 4.78 is 0. The molecule has 2 atom stereocenters. The Bertz CT molecular complexity index is 641. The molecule has 0 aromatic heterocycles. The van der Waals surface area contributed by atoms with E-state index < -0.39 is 11.9 Å². The zero-order valence-electron chi connectivity index (χ0n) is 14.3. The molecule has 4 heterocycles. The predicted octanol–water partition coefficient (Wildman–Crippen LogP) is -8.14. The number of nitrogens with zero attached hydrogens (tertiary/aromatic N) is 2. The number of carboxylic acids is 2. The number of fused-ring (bicyclic) bond motifs is 2. The van der Waals surface area contributed by atoms with Crippen LogP contribution in [0.15, 0.2) is 23.5 Å². The largest absolute Gasteiger partial charge is 1.00 e. The van der Waals surface area contributed by atoms with Gasteiger partial charge in [-0.25, -0.2) is 0 Å². The second kappa shape index (κ2) is 10.0. The zero-order valence-corrected chi connectivity index (χ0v) is 19.9. The van der Waals surface area contributed by atoms with Gasteiger partial charge in [0.2, 0.25) is 11.8 Å². The van der Waals surface area contributed by atoms with Gasteiger partial charge in [-0.2, -0.15) is 0 Å². The van der Waals surface area contributed by atoms with Crippen molar-refractivity contribution in [3.8, 4) is 0 Å². The number of amides is 2. The van der Waals surface area contributed by atoms with Crippen LogP contribution in [0.3, 0.4) is 0 Å². The second-order valence-electron chi connectivity index (χ2n) is 5.27. The molecule has 26 heavy (non-hydrogen) atoms. The summed E-state index contributed by atoms with van der Waals surface area (Å²) in [5.74, 6) is -1.46. The molecule has 2 fully saturated rings. The third kappa shape index (κ3) is 4.72. The van der Waals surface area contributed by atoms with Gasteiger partial charge in [0.05, 0.1) is 46.9 Å². The Morgan fingerprint density at radius 1 is 0.846 bits per heavy atom. The smallest absolute Gasteiger partial charge is 0.543 e. The molecule has 0 aromatic carbocycles. The van der Waals surface area contributed by atoms with Gasteiger partial charge in [0.15, 0.2) is 0 Å². The van der Waals surface area contributed by atoms with Crippen LogP contribution >= 0.6 is 23.5 Å². The van der Waals surface area contributed by atoms with Gasteiger partial charge in [0.25, 0.3) is 0 Å². The Morgan fingerprint density at radius 3 is 1.42 bits per heavy atom. The molecule has 0 spiro atoms. The summed E-state index contributed by atoms with van der Waals surface area (Å²) in [6.07, 6.45) is 3.95. The third-order valence-electron chi connectivity index (χ3n) is 3.88. The van der Waals surface area contributed by atoms with Crippen molar-refractivity contribution in [2.45, 2.75) is 23.6 Å². The minimum Gasteiger partial charge on any atom is -0.543 e. The molecule has 0 radical (unpaired) electrons. The van der Waals surface area contributed by atoms with Crippen LogP contribution in [0.1, 0.15) is 12.8 Å². The molecule has 2 saturated heterocycles. The van der Waals surface area contributed by atoms with E-state index in [9.17, 15) is 29.4 Å². The summed E-state index contributed by atoms with van der Waals surface area (Å²) in [4.78, 5) is 45.5. The maximum atomic E-state index is 11.0. The van der Waals surface area contributed by atoms with E-state index in [2.05, 4.69) is 0 Å². The minimum atomic E-state index is -1.26. The fraction of sp³-hybridized carbons (Fsp3) is 0.429. The third-order valence-corrected chi connectivity index (χ3v) is 6.12. The Morgan fingerprint density at radius 2 is 1.19 bits per heavy atom. The number of carboxylic acid groups (broad SMARTS) is 2. The zero-order chi connectivity index (χ0) is 17.4. The van der Waals surface area contributed by atoms with Crippen molar-refractivity contribution in [3.63, 3.8) is 0 Å². The predicted molar refractivity (Wildman–Crippen MR) is 81.6 cm³/mol. The molecule has 2 unspecified atom stereocenters. The van der Waals surface area contributed by atoms with Crippen molar-refractivity contribution in [3.05, 3.63) is 23.5 Å². The van der Waals surface area contributed by atoms with E-state index in [-0.39, 0.29) is 93.1 Å². The van der Waals surface area contributed by atoms with Gasteiger partial charge in [-0.15, -0.1) is 23.5 Å². The van der Waals surface area contributed by atoms with Gasteiger partial charge < -0.3 is 19.8 Å². The first-order valence-electron chi connectivity index (χ1n) is 7.10. The minimum absolute atomic E-state index is 0. The van der Waals surface area contributed by atoms with E-state index in [0.717, 1.165) is 0 Å². The van der Waals surface area contributed by atoms with Gasteiger partial charge in [-0.1, -0.05) is 0 Å². The average Bonchev–Trinajstić information content (AvgIpc) is 2.52. The molecule has 0 bridgehead atoms. The van der Waals surface area contributed by atoms with Crippen LogP contribution in [0.25, 0.3) is 0 Å². The maximum absolute atomic E-state index is 11.0. The van der Waals surface area contributed by atoms with Crippen LogP contribution in [0.4, 0.5) is 0 Å². The summed E-state index contributed by atoms with van der Waals surface area (Å²) in [7, 11) is 0. The second-order valence-corrected chi connectivity index (χ2v) is 7.69. The number of hydrogen-bond donors (Lipinski definition) is 0. The fourth-order valence-electron chi connectivity index (χ4n) is 2.66. The normalized spacial score (nSPS) is 25.2. The molecular weight excluding hydrogens is 402 g/mol. The number of rotatable bonds is 2. The van der Waals surface area contributed by atoms with E-state index in [1.165, 1.54) is 22.0 Å². The first-order valence-corrected chi connectivity index (χ1v) is 9.20. The number of β-lactam (4-membered cyclic amide) rings is 2. The van der Waals surface area contributed by atoms with Gasteiger partial charge in [0, 0.05) is 11.5 Å². The number of carbonyl (C=O) groups excluding carboxylic acids is 4. The molecule has 0 N–H and O–H groups in total. The van der Waals surface area contributed by atoms with Crippen molar-refractivity contribution in [1.29, 1.82) is 0 Å². The van der Waals surface area contributed by atoms with E-state index in [1.807, 2.05) is 0 Å². The van der Waals surface area contributed by atoms with Crippen LogP contribution in [0.5, 0.6) is 0 Å². The van der Waals surface area contributed by atoms with Gasteiger partial charge in [-0.3, -0.25) is 19.4 Å². The van der Waals surface area contributed by atoms with Crippen molar-refractivity contribution in [1.82, 2.24) is 9.80 Å². The Labute approximate surface area is 202 Å². The quantitative estimate of drug-likeness (QED) is 0.323. The molecule has 4 aliphatic rings. The van der Waals surface area contributed by atoms with Crippen LogP contribution < -0.4 is 69.3 Å². The summed E-state index contributed by atoms with van der Waals surface area (Å²) in [6.45, 7) is 0. The molecule has 128 valence electrons. The van der Waals surface area contributed by atoms with Crippen LogP contribution in [0.2, 0.25) is 0 Å². The first kappa shape index (κ1) is 24.1. The number of carbonyl (C=O) groups is 4. The molecule has 4 rings (SSSR count). The maximum Gasteiger partial charge on any atom is 1.00 e. The summed E-state index contributed by atoms with van der Waals surface area (Å²) in [5.41, 5.74) is 0.0741.